The Bertz CT molecular complexity index is 967. The molecule has 2 aromatic rings. The Morgan fingerprint density at radius 3 is 2.63 bits per heavy atom. The van der Waals surface area contributed by atoms with Gasteiger partial charge in [0.1, 0.15) is 6.61 Å². The summed E-state index contributed by atoms with van der Waals surface area (Å²) in [7, 11) is 1.45. The lowest BCUT2D eigenvalue weighted by molar-refractivity contribution is -0.136. The highest BCUT2D eigenvalue weighted by Gasteiger charge is 2.43. The van der Waals surface area contributed by atoms with Gasteiger partial charge in [-0.25, -0.2) is 4.79 Å². The van der Waals surface area contributed by atoms with Crippen LogP contribution in [0.15, 0.2) is 53.7 Å². The monoisotopic (exact) mass is 385 g/mol. The Morgan fingerprint density at radius 2 is 1.93 bits per heavy atom. The van der Waals surface area contributed by atoms with Crippen molar-refractivity contribution in [3.8, 4) is 11.5 Å². The molecule has 0 fully saturated rings. The highest BCUT2D eigenvalue weighted by atomic mass is 35.5. The fraction of sp³-hybridized carbons (Fsp3) is 0.200. The molecule has 138 valence electrons. The Kier molecular flexibility index (Phi) is 4.28. The fourth-order valence-electron chi connectivity index (χ4n) is 3.54. The number of amides is 1. The highest BCUT2D eigenvalue weighted by molar-refractivity contribution is 6.30. The molecule has 6 nitrogen and oxygen atoms in total. The molecule has 0 radical (unpaired) electrons. The molecular formula is C20H16ClNO5. The Balaban J connectivity index is 1.81. The van der Waals surface area contributed by atoms with Crippen LogP contribution in [-0.4, -0.2) is 30.7 Å². The number of rotatable bonds is 3. The first-order valence-corrected chi connectivity index (χ1v) is 8.73. The lowest BCUT2D eigenvalue weighted by Gasteiger charge is -2.32. The van der Waals surface area contributed by atoms with Gasteiger partial charge in [-0.2, -0.15) is 0 Å². The number of phenolic OH excluding ortho intramolecular Hbond substituents is 1. The summed E-state index contributed by atoms with van der Waals surface area (Å²) in [6.07, 6.45) is 0.102. The predicted molar refractivity (Wildman–Crippen MR) is 98.9 cm³/mol. The van der Waals surface area contributed by atoms with Crippen molar-refractivity contribution in [2.24, 2.45) is 0 Å². The molecule has 2 aliphatic rings. The summed E-state index contributed by atoms with van der Waals surface area (Å²) in [6, 6.07) is 11.7. The van der Waals surface area contributed by atoms with Gasteiger partial charge >= 0.3 is 5.97 Å². The summed E-state index contributed by atoms with van der Waals surface area (Å²) in [5.74, 6) is -0.761. The number of cyclic esters (lactones) is 1. The highest BCUT2D eigenvalue weighted by Crippen LogP contribution is 2.43. The van der Waals surface area contributed by atoms with Crippen molar-refractivity contribution in [2.45, 2.75) is 12.3 Å². The van der Waals surface area contributed by atoms with Gasteiger partial charge in [0, 0.05) is 23.0 Å². The Labute approximate surface area is 160 Å². The van der Waals surface area contributed by atoms with Gasteiger partial charge in [-0.15, -0.1) is 0 Å². The topological polar surface area (TPSA) is 76.1 Å². The molecule has 0 aromatic heterocycles. The van der Waals surface area contributed by atoms with Crippen LogP contribution >= 0.6 is 11.6 Å². The first kappa shape index (κ1) is 17.4. The minimum Gasteiger partial charge on any atom is -0.504 e. The standard InChI is InChI=1S/C20H16ClNO5/c1-26-17-8-11(2-7-16(17)23)14-9-18(24)22(13-5-3-12(21)4-6-13)15-10-27-20(25)19(14)15/h2-8,14,23H,9-10H2,1H3/t14-/m1/s1. The maximum absolute atomic E-state index is 12.9. The zero-order valence-corrected chi connectivity index (χ0v) is 15.2. The van der Waals surface area contributed by atoms with Crippen LogP contribution in [0.1, 0.15) is 17.9 Å². The molecule has 1 atom stereocenters. The van der Waals surface area contributed by atoms with Gasteiger partial charge in [-0.1, -0.05) is 17.7 Å². The van der Waals surface area contributed by atoms with Gasteiger partial charge in [0.2, 0.25) is 5.91 Å². The average Bonchev–Trinajstić information content (AvgIpc) is 3.04. The van der Waals surface area contributed by atoms with Crippen LogP contribution < -0.4 is 9.64 Å². The van der Waals surface area contributed by atoms with E-state index in [0.717, 1.165) is 0 Å². The second-order valence-corrected chi connectivity index (χ2v) is 6.77. The lowest BCUT2D eigenvalue weighted by atomic mass is 9.84. The summed E-state index contributed by atoms with van der Waals surface area (Å²) < 4.78 is 10.4. The number of esters is 1. The van der Waals surface area contributed by atoms with Crippen LogP contribution in [0.5, 0.6) is 11.5 Å². The van der Waals surface area contributed by atoms with E-state index < -0.39 is 11.9 Å². The minimum absolute atomic E-state index is 0.00521. The maximum Gasteiger partial charge on any atom is 0.336 e. The van der Waals surface area contributed by atoms with Gasteiger partial charge in [-0.3, -0.25) is 9.69 Å². The van der Waals surface area contributed by atoms with E-state index in [9.17, 15) is 14.7 Å². The number of anilines is 1. The number of benzene rings is 2. The van der Waals surface area contributed by atoms with Crippen molar-refractivity contribution < 1.29 is 24.2 Å². The summed E-state index contributed by atoms with van der Waals surface area (Å²) >= 11 is 5.94. The number of hydrogen-bond acceptors (Lipinski definition) is 5. The third kappa shape index (κ3) is 2.92. The zero-order chi connectivity index (χ0) is 19.1. The minimum atomic E-state index is -0.458. The van der Waals surface area contributed by atoms with Gasteiger partial charge in [0.05, 0.1) is 18.4 Å². The number of carbonyl (C=O) groups excluding carboxylic acids is 2. The van der Waals surface area contributed by atoms with Gasteiger partial charge in [0.15, 0.2) is 11.5 Å². The van der Waals surface area contributed by atoms with Crippen molar-refractivity contribution >= 4 is 29.2 Å². The van der Waals surface area contributed by atoms with E-state index in [-0.39, 0.29) is 30.4 Å². The molecule has 0 unspecified atom stereocenters. The van der Waals surface area contributed by atoms with Crippen LogP contribution in [0.3, 0.4) is 0 Å². The zero-order valence-electron chi connectivity index (χ0n) is 14.4. The number of halogens is 1. The summed E-state index contributed by atoms with van der Waals surface area (Å²) in [5, 5.41) is 10.4. The molecule has 1 amide bonds. The normalized spacial score (nSPS) is 19.2. The first-order valence-electron chi connectivity index (χ1n) is 8.35. The molecule has 2 aromatic carbocycles. The van der Waals surface area contributed by atoms with Gasteiger partial charge < -0.3 is 14.6 Å². The van der Waals surface area contributed by atoms with Gasteiger partial charge in [-0.05, 0) is 42.0 Å². The van der Waals surface area contributed by atoms with E-state index in [1.165, 1.54) is 18.1 Å². The van der Waals surface area contributed by atoms with Crippen molar-refractivity contribution in [1.29, 1.82) is 0 Å². The molecule has 1 N–H and O–H groups in total. The van der Waals surface area contributed by atoms with E-state index in [2.05, 4.69) is 0 Å². The number of nitrogens with zero attached hydrogens (tertiary/aromatic N) is 1. The summed E-state index contributed by atoms with van der Waals surface area (Å²) in [6.45, 7) is 0.0360. The number of hydrogen-bond donors (Lipinski definition) is 1. The van der Waals surface area contributed by atoms with Gasteiger partial charge in [0.25, 0.3) is 0 Å². The predicted octanol–water partition coefficient (Wildman–Crippen LogP) is 3.39. The molecular weight excluding hydrogens is 370 g/mol. The van der Waals surface area contributed by atoms with Crippen molar-refractivity contribution in [2.75, 3.05) is 18.6 Å². The number of carbonyl (C=O) groups is 2. The van der Waals surface area contributed by atoms with E-state index in [1.807, 2.05) is 0 Å². The van der Waals surface area contributed by atoms with Crippen molar-refractivity contribution in [1.82, 2.24) is 0 Å². The van der Waals surface area contributed by atoms with E-state index in [4.69, 9.17) is 21.1 Å². The molecule has 27 heavy (non-hydrogen) atoms. The number of ether oxygens (including phenoxy) is 2. The third-order valence-electron chi connectivity index (χ3n) is 4.81. The van der Waals surface area contributed by atoms with Crippen molar-refractivity contribution in [3.63, 3.8) is 0 Å². The van der Waals surface area contributed by atoms with E-state index in [1.54, 1.807) is 36.4 Å². The smallest absolute Gasteiger partial charge is 0.336 e. The molecule has 0 aliphatic carbocycles. The van der Waals surface area contributed by atoms with Crippen LogP contribution in [-0.2, 0) is 14.3 Å². The second kappa shape index (κ2) is 6.63. The van der Waals surface area contributed by atoms with Crippen LogP contribution in [0.2, 0.25) is 5.02 Å². The fourth-order valence-corrected chi connectivity index (χ4v) is 3.67. The number of aromatic hydroxyl groups is 1. The average molecular weight is 386 g/mol. The molecule has 0 saturated carbocycles. The number of phenols is 1. The largest absolute Gasteiger partial charge is 0.504 e. The Morgan fingerprint density at radius 1 is 1.19 bits per heavy atom. The SMILES string of the molecule is COc1cc([C@H]2CC(=O)N(c3ccc(Cl)cc3)C3=C2C(=O)OC3)ccc1O. The molecule has 2 heterocycles. The molecule has 7 heteroatoms. The van der Waals surface area contributed by atoms with Crippen LogP contribution in [0, 0.1) is 0 Å². The first-order chi connectivity index (χ1) is 13.0. The van der Waals surface area contributed by atoms with E-state index >= 15 is 0 Å². The van der Waals surface area contributed by atoms with Crippen LogP contribution in [0.25, 0.3) is 0 Å². The summed E-state index contributed by atoms with van der Waals surface area (Å²) in [4.78, 5) is 26.9. The molecule has 4 rings (SSSR count). The second-order valence-electron chi connectivity index (χ2n) is 6.33. The summed E-state index contributed by atoms with van der Waals surface area (Å²) in [5.41, 5.74) is 2.34. The van der Waals surface area contributed by atoms with E-state index in [0.29, 0.717) is 27.5 Å². The van der Waals surface area contributed by atoms with Crippen molar-refractivity contribution in [3.05, 3.63) is 64.3 Å². The molecule has 0 bridgehead atoms. The molecule has 0 spiro atoms. The quantitative estimate of drug-likeness (QED) is 0.819. The lowest BCUT2D eigenvalue weighted by Crippen LogP contribution is -2.37. The molecule has 0 saturated heterocycles. The Hall–Kier alpha value is -2.99. The van der Waals surface area contributed by atoms with Crippen LogP contribution in [0.4, 0.5) is 5.69 Å². The maximum atomic E-state index is 12.9. The number of methoxy groups -OCH3 is 1. The molecule has 2 aliphatic heterocycles. The third-order valence-corrected chi connectivity index (χ3v) is 5.06.